The zero-order valence-corrected chi connectivity index (χ0v) is 14.7. The third-order valence-corrected chi connectivity index (χ3v) is 5.05. The summed E-state index contributed by atoms with van der Waals surface area (Å²) in [6.45, 7) is 2.77. The van der Waals surface area contributed by atoms with Gasteiger partial charge >= 0.3 is 0 Å². The Morgan fingerprint density at radius 3 is 2.43 bits per heavy atom. The van der Waals surface area contributed by atoms with E-state index in [1.54, 1.807) is 0 Å². The Bertz CT molecular complexity index is 506. The van der Waals surface area contributed by atoms with Gasteiger partial charge in [-0.15, -0.1) is 0 Å². The van der Waals surface area contributed by atoms with Crippen LogP contribution in [0.2, 0.25) is 0 Å². The van der Waals surface area contributed by atoms with E-state index in [4.69, 9.17) is 4.74 Å². The molecule has 1 N–H and O–H groups in total. The Labute approximate surface area is 140 Å². The molecular formula is C19H30N2O2. The van der Waals surface area contributed by atoms with Crippen molar-refractivity contribution in [2.24, 2.45) is 0 Å². The molecule has 0 spiro atoms. The Balaban J connectivity index is 1.85. The molecule has 1 aromatic carbocycles. The van der Waals surface area contributed by atoms with Gasteiger partial charge in [-0.2, -0.15) is 0 Å². The minimum absolute atomic E-state index is 0.0428. The second kappa shape index (κ2) is 8.34. The first kappa shape index (κ1) is 17.8. The summed E-state index contributed by atoms with van der Waals surface area (Å²) in [6, 6.07) is 7.77. The number of amides is 1. The maximum absolute atomic E-state index is 12.2. The Kier molecular flexibility index (Phi) is 6.46. The van der Waals surface area contributed by atoms with E-state index in [0.29, 0.717) is 6.54 Å². The van der Waals surface area contributed by atoms with Crippen LogP contribution >= 0.6 is 0 Å². The summed E-state index contributed by atoms with van der Waals surface area (Å²) in [7, 11) is 4.25. The van der Waals surface area contributed by atoms with Gasteiger partial charge in [0.1, 0.15) is 5.75 Å². The lowest BCUT2D eigenvalue weighted by molar-refractivity contribution is -0.123. The molecule has 0 atom stereocenters. The van der Waals surface area contributed by atoms with Crippen LogP contribution in [0.1, 0.15) is 44.1 Å². The SMILES string of the molecule is Cc1ccccc1OCC(=O)NCC1(N(C)C)CCCCCC1. The molecule has 1 amide bonds. The number of carbonyl (C=O) groups excluding carboxylic acids is 1. The number of nitrogens with zero attached hydrogens (tertiary/aromatic N) is 1. The summed E-state index contributed by atoms with van der Waals surface area (Å²) in [5.74, 6) is 0.734. The number of hydrogen-bond acceptors (Lipinski definition) is 3. The van der Waals surface area contributed by atoms with Gasteiger partial charge in [-0.25, -0.2) is 0 Å². The number of rotatable bonds is 6. The van der Waals surface area contributed by atoms with Crippen molar-refractivity contribution in [1.29, 1.82) is 0 Å². The van der Waals surface area contributed by atoms with Crippen molar-refractivity contribution < 1.29 is 9.53 Å². The largest absolute Gasteiger partial charge is 0.484 e. The van der Waals surface area contributed by atoms with E-state index in [1.165, 1.54) is 25.7 Å². The molecule has 0 unspecified atom stereocenters. The van der Waals surface area contributed by atoms with E-state index >= 15 is 0 Å². The van der Waals surface area contributed by atoms with Gasteiger partial charge in [0, 0.05) is 12.1 Å². The van der Waals surface area contributed by atoms with Crippen LogP contribution in [-0.2, 0) is 4.79 Å². The molecule has 23 heavy (non-hydrogen) atoms. The van der Waals surface area contributed by atoms with Crippen LogP contribution in [0, 0.1) is 6.92 Å². The van der Waals surface area contributed by atoms with E-state index in [2.05, 4.69) is 24.3 Å². The van der Waals surface area contributed by atoms with Crippen molar-refractivity contribution in [2.75, 3.05) is 27.2 Å². The predicted octanol–water partition coefficient (Wildman–Crippen LogP) is 3.14. The molecule has 1 fully saturated rings. The molecule has 4 nitrogen and oxygen atoms in total. The molecule has 1 saturated carbocycles. The van der Waals surface area contributed by atoms with E-state index in [1.807, 2.05) is 31.2 Å². The van der Waals surface area contributed by atoms with Gasteiger partial charge in [0.15, 0.2) is 6.61 Å². The summed E-state index contributed by atoms with van der Waals surface area (Å²) in [5.41, 5.74) is 1.14. The predicted molar refractivity (Wildman–Crippen MR) is 93.8 cm³/mol. The summed E-state index contributed by atoms with van der Waals surface area (Å²) >= 11 is 0. The number of aryl methyl sites for hydroxylation is 1. The van der Waals surface area contributed by atoms with Crippen molar-refractivity contribution in [2.45, 2.75) is 51.0 Å². The maximum atomic E-state index is 12.2. The lowest BCUT2D eigenvalue weighted by Gasteiger charge is -2.39. The first-order valence-corrected chi connectivity index (χ1v) is 8.66. The molecule has 0 saturated heterocycles. The summed E-state index contributed by atoms with van der Waals surface area (Å²) < 4.78 is 5.63. The molecule has 0 radical (unpaired) electrons. The average molecular weight is 318 g/mol. The fourth-order valence-corrected chi connectivity index (χ4v) is 3.34. The molecule has 0 aliphatic heterocycles. The summed E-state index contributed by atoms with van der Waals surface area (Å²) in [6.07, 6.45) is 7.40. The number of ether oxygens (including phenoxy) is 1. The van der Waals surface area contributed by atoms with E-state index < -0.39 is 0 Å². The van der Waals surface area contributed by atoms with Crippen LogP contribution in [0.5, 0.6) is 5.75 Å². The van der Waals surface area contributed by atoms with Crippen molar-refractivity contribution in [3.63, 3.8) is 0 Å². The van der Waals surface area contributed by atoms with Gasteiger partial charge in [-0.1, -0.05) is 43.9 Å². The number of likely N-dealkylation sites (N-methyl/N-ethyl adjacent to an activating group) is 1. The third-order valence-electron chi connectivity index (χ3n) is 5.05. The van der Waals surface area contributed by atoms with Crippen molar-refractivity contribution >= 4 is 5.91 Å². The lowest BCUT2D eigenvalue weighted by Crippen LogP contribution is -2.53. The zero-order chi connectivity index (χ0) is 16.7. The molecule has 0 aromatic heterocycles. The molecule has 0 bridgehead atoms. The molecule has 2 rings (SSSR count). The van der Waals surface area contributed by atoms with Crippen LogP contribution in [0.25, 0.3) is 0 Å². The number of carbonyl (C=O) groups is 1. The van der Waals surface area contributed by atoms with Gasteiger partial charge in [-0.05, 0) is 45.5 Å². The second-order valence-corrected chi connectivity index (χ2v) is 6.86. The molecule has 4 heteroatoms. The minimum Gasteiger partial charge on any atom is -0.484 e. The molecule has 1 aromatic rings. The smallest absolute Gasteiger partial charge is 0.258 e. The number of nitrogens with one attached hydrogen (secondary N) is 1. The first-order chi connectivity index (χ1) is 11.0. The fourth-order valence-electron chi connectivity index (χ4n) is 3.34. The quantitative estimate of drug-likeness (QED) is 0.819. The Hall–Kier alpha value is -1.55. The highest BCUT2D eigenvalue weighted by molar-refractivity contribution is 5.77. The fraction of sp³-hybridized carbons (Fsp3) is 0.632. The van der Waals surface area contributed by atoms with Crippen LogP contribution in [0.15, 0.2) is 24.3 Å². The molecule has 1 aliphatic rings. The first-order valence-electron chi connectivity index (χ1n) is 8.66. The maximum Gasteiger partial charge on any atom is 0.258 e. The molecule has 0 heterocycles. The van der Waals surface area contributed by atoms with Gasteiger partial charge in [0.25, 0.3) is 5.91 Å². The molecule has 128 valence electrons. The summed E-state index contributed by atoms with van der Waals surface area (Å²) in [4.78, 5) is 14.5. The van der Waals surface area contributed by atoms with E-state index in [-0.39, 0.29) is 18.1 Å². The van der Waals surface area contributed by atoms with Crippen LogP contribution in [-0.4, -0.2) is 43.6 Å². The normalized spacial score (nSPS) is 17.6. The summed E-state index contributed by atoms with van der Waals surface area (Å²) in [5, 5.41) is 3.09. The van der Waals surface area contributed by atoms with Crippen molar-refractivity contribution in [1.82, 2.24) is 10.2 Å². The Morgan fingerprint density at radius 1 is 1.17 bits per heavy atom. The van der Waals surface area contributed by atoms with Gasteiger partial charge in [0.2, 0.25) is 0 Å². The van der Waals surface area contributed by atoms with Crippen LogP contribution in [0.4, 0.5) is 0 Å². The second-order valence-electron chi connectivity index (χ2n) is 6.86. The molecule has 1 aliphatic carbocycles. The van der Waals surface area contributed by atoms with Crippen LogP contribution in [0.3, 0.4) is 0 Å². The zero-order valence-electron chi connectivity index (χ0n) is 14.7. The highest BCUT2D eigenvalue weighted by atomic mass is 16.5. The highest BCUT2D eigenvalue weighted by Crippen LogP contribution is 2.30. The van der Waals surface area contributed by atoms with Gasteiger partial charge in [0.05, 0.1) is 0 Å². The van der Waals surface area contributed by atoms with Crippen molar-refractivity contribution in [3.8, 4) is 5.75 Å². The monoisotopic (exact) mass is 318 g/mol. The topological polar surface area (TPSA) is 41.6 Å². The van der Waals surface area contributed by atoms with Gasteiger partial charge < -0.3 is 15.0 Å². The van der Waals surface area contributed by atoms with E-state index in [9.17, 15) is 4.79 Å². The van der Waals surface area contributed by atoms with Gasteiger partial charge in [-0.3, -0.25) is 4.79 Å². The third kappa shape index (κ3) is 4.96. The van der Waals surface area contributed by atoms with E-state index in [0.717, 1.165) is 24.2 Å². The minimum atomic E-state index is -0.0428. The molecular weight excluding hydrogens is 288 g/mol. The van der Waals surface area contributed by atoms with Crippen LogP contribution < -0.4 is 10.1 Å². The lowest BCUT2D eigenvalue weighted by atomic mass is 9.88. The average Bonchev–Trinajstić information content (AvgIpc) is 2.79. The number of para-hydroxylation sites is 1. The number of hydrogen-bond donors (Lipinski definition) is 1. The highest BCUT2D eigenvalue weighted by Gasteiger charge is 2.33. The Morgan fingerprint density at radius 2 is 1.83 bits per heavy atom. The van der Waals surface area contributed by atoms with Crippen molar-refractivity contribution in [3.05, 3.63) is 29.8 Å². The number of benzene rings is 1. The standard InChI is InChI=1S/C19H30N2O2/c1-16-10-6-7-11-17(16)23-14-18(22)20-15-19(21(2)3)12-8-4-5-9-13-19/h6-7,10-11H,4-5,8-9,12-15H2,1-3H3,(H,20,22).